The van der Waals surface area contributed by atoms with Crippen LogP contribution in [0.25, 0.3) is 0 Å². The van der Waals surface area contributed by atoms with Crippen LogP contribution in [0.15, 0.2) is 12.3 Å². The van der Waals surface area contributed by atoms with Crippen molar-refractivity contribution in [2.24, 2.45) is 11.8 Å². The fraction of sp³-hybridized carbons (Fsp3) is 0.625. The molecule has 0 spiro atoms. The van der Waals surface area contributed by atoms with Crippen LogP contribution >= 0.6 is 23.2 Å². The average molecular weight is 343 g/mol. The zero-order chi connectivity index (χ0) is 15.5. The minimum absolute atomic E-state index is 0.0269. The summed E-state index contributed by atoms with van der Waals surface area (Å²) in [6, 6.07) is 1.59. The number of aromatic nitrogens is 1. The largest absolute Gasteiger partial charge is 0.327 e. The molecule has 1 amide bonds. The Morgan fingerprint density at radius 2 is 2.05 bits per heavy atom. The van der Waals surface area contributed by atoms with Crippen LogP contribution in [0.4, 0.5) is 5.82 Å². The van der Waals surface area contributed by atoms with E-state index in [4.69, 9.17) is 23.2 Å². The van der Waals surface area contributed by atoms with Crippen LogP contribution in [-0.4, -0.2) is 30.5 Å². The molecule has 0 radical (unpaired) electrons. The van der Waals surface area contributed by atoms with Crippen molar-refractivity contribution in [3.8, 4) is 0 Å². The van der Waals surface area contributed by atoms with Crippen molar-refractivity contribution in [2.45, 2.75) is 32.1 Å². The first-order chi connectivity index (χ1) is 10.6. The minimum atomic E-state index is -0.0269. The monoisotopic (exact) mass is 342 g/mol. The van der Waals surface area contributed by atoms with E-state index < -0.39 is 0 Å². The molecule has 3 rings (SSSR count). The fourth-order valence-corrected chi connectivity index (χ4v) is 4.29. The van der Waals surface area contributed by atoms with Gasteiger partial charge in [-0.15, -0.1) is 0 Å². The van der Waals surface area contributed by atoms with Gasteiger partial charge in [0.2, 0.25) is 0 Å². The second-order valence-electron chi connectivity index (χ2n) is 6.51. The van der Waals surface area contributed by atoms with E-state index in [9.17, 15) is 4.79 Å². The van der Waals surface area contributed by atoms with Crippen LogP contribution in [0.3, 0.4) is 0 Å². The number of piperidine rings is 1. The van der Waals surface area contributed by atoms with Crippen LogP contribution in [0.5, 0.6) is 0 Å². The third-order valence-corrected chi connectivity index (χ3v) is 5.46. The van der Waals surface area contributed by atoms with Gasteiger partial charge in [0.15, 0.2) is 12.4 Å². The number of nitrogens with zero attached hydrogens (tertiary/aromatic N) is 1. The van der Waals surface area contributed by atoms with Crippen LogP contribution in [-0.2, 0) is 4.79 Å². The first-order valence-corrected chi connectivity index (χ1v) is 8.82. The number of anilines is 1. The number of carbonyl (C=O) groups is 1. The number of hydrogen-bond donors (Lipinski definition) is 2. The zero-order valence-corrected chi connectivity index (χ0v) is 14.1. The molecule has 1 saturated heterocycles. The summed E-state index contributed by atoms with van der Waals surface area (Å²) >= 11 is 11.8. The molecule has 1 aliphatic heterocycles. The molecule has 2 heterocycles. The van der Waals surface area contributed by atoms with Crippen molar-refractivity contribution in [2.75, 3.05) is 25.0 Å². The van der Waals surface area contributed by atoms with Crippen LogP contribution in [0.1, 0.15) is 32.1 Å². The normalized spacial score (nSPS) is 28.0. The Morgan fingerprint density at radius 1 is 1.27 bits per heavy atom. The molecule has 1 aromatic heterocycles. The van der Waals surface area contributed by atoms with Gasteiger partial charge in [0, 0.05) is 12.1 Å². The Labute approximate surface area is 141 Å². The van der Waals surface area contributed by atoms with E-state index >= 15 is 0 Å². The van der Waals surface area contributed by atoms with Crippen molar-refractivity contribution in [1.82, 2.24) is 4.98 Å². The first-order valence-electron chi connectivity index (χ1n) is 8.06. The highest BCUT2D eigenvalue weighted by Crippen LogP contribution is 2.32. The lowest BCUT2D eigenvalue weighted by Crippen LogP contribution is -3.15. The average Bonchev–Trinajstić information content (AvgIpc) is 2.50. The number of quaternary nitrogens is 1. The molecule has 2 fully saturated rings. The van der Waals surface area contributed by atoms with Gasteiger partial charge in [-0.1, -0.05) is 36.0 Å². The van der Waals surface area contributed by atoms with E-state index in [1.165, 1.54) is 43.2 Å². The van der Waals surface area contributed by atoms with E-state index in [1.54, 1.807) is 6.07 Å². The Balaban J connectivity index is 1.53. The number of carbonyl (C=O) groups excluding carboxylic acids is 1. The minimum Gasteiger partial charge on any atom is -0.327 e. The third-order valence-electron chi connectivity index (χ3n) is 4.96. The van der Waals surface area contributed by atoms with E-state index in [0.717, 1.165) is 24.9 Å². The summed E-state index contributed by atoms with van der Waals surface area (Å²) in [5.41, 5.74) is 0. The molecule has 1 aromatic rings. The van der Waals surface area contributed by atoms with Gasteiger partial charge >= 0.3 is 0 Å². The molecule has 22 heavy (non-hydrogen) atoms. The molecule has 0 bridgehead atoms. The highest BCUT2D eigenvalue weighted by molar-refractivity contribution is 6.36. The molecule has 120 valence electrons. The number of likely N-dealkylation sites (tertiary alicyclic amines) is 1. The molecule has 0 aromatic carbocycles. The summed E-state index contributed by atoms with van der Waals surface area (Å²) in [6.45, 7) is 2.71. The molecule has 2 N–H and O–H groups in total. The van der Waals surface area contributed by atoms with Crippen LogP contribution in [0, 0.1) is 11.8 Å². The summed E-state index contributed by atoms with van der Waals surface area (Å²) in [5, 5.41) is 3.64. The fourth-order valence-electron chi connectivity index (χ4n) is 3.87. The van der Waals surface area contributed by atoms with Crippen molar-refractivity contribution < 1.29 is 9.69 Å². The molecular weight excluding hydrogens is 321 g/mol. The van der Waals surface area contributed by atoms with Gasteiger partial charge in [0.05, 0.1) is 23.1 Å². The summed E-state index contributed by atoms with van der Waals surface area (Å²) in [5.74, 6) is 2.07. The third kappa shape index (κ3) is 3.92. The summed E-state index contributed by atoms with van der Waals surface area (Å²) in [7, 11) is 0. The van der Waals surface area contributed by atoms with E-state index in [-0.39, 0.29) is 5.91 Å². The topological polar surface area (TPSA) is 46.4 Å². The molecule has 4 nitrogen and oxygen atoms in total. The number of halogens is 2. The first kappa shape index (κ1) is 16.0. The van der Waals surface area contributed by atoms with Crippen molar-refractivity contribution in [1.29, 1.82) is 0 Å². The molecule has 1 unspecified atom stereocenters. The van der Waals surface area contributed by atoms with Crippen molar-refractivity contribution in [3.05, 3.63) is 22.3 Å². The molecule has 1 aliphatic carbocycles. The van der Waals surface area contributed by atoms with Gasteiger partial charge in [0.25, 0.3) is 5.91 Å². The highest BCUT2D eigenvalue weighted by atomic mass is 35.5. The van der Waals surface area contributed by atoms with E-state index in [1.807, 2.05) is 0 Å². The van der Waals surface area contributed by atoms with Crippen molar-refractivity contribution >= 4 is 34.9 Å². The lowest BCUT2D eigenvalue weighted by Gasteiger charge is -2.38. The lowest BCUT2D eigenvalue weighted by atomic mass is 9.75. The SMILES string of the molecule is O=C(C[NH+]1CC[C@H]2CCCC[C@@H]2C1)Nc1ncc(Cl)cc1Cl. The standard InChI is InChI=1S/C16H21Cl2N3O/c17-13-7-14(18)16(19-8-13)20-15(22)10-21-6-5-11-3-1-2-4-12(11)9-21/h7-8,11-12H,1-6,9-10H2,(H,19,20,22)/p+1/t11-,12-/m1/s1. The molecular formula is C16H22Cl2N3O+. The Kier molecular flexibility index (Phi) is 5.21. The zero-order valence-electron chi connectivity index (χ0n) is 12.6. The Bertz CT molecular complexity index is 552. The van der Waals surface area contributed by atoms with Crippen LogP contribution < -0.4 is 10.2 Å². The van der Waals surface area contributed by atoms with Gasteiger partial charge in [-0.3, -0.25) is 4.79 Å². The quantitative estimate of drug-likeness (QED) is 0.886. The predicted octanol–water partition coefficient (Wildman–Crippen LogP) is 2.42. The molecule has 2 aliphatic rings. The maximum atomic E-state index is 12.2. The second kappa shape index (κ2) is 7.16. The summed E-state index contributed by atoms with van der Waals surface area (Å²) in [6.07, 6.45) is 8.20. The molecule has 1 saturated carbocycles. The predicted molar refractivity (Wildman–Crippen MR) is 88.5 cm³/mol. The van der Waals surface area contributed by atoms with Crippen molar-refractivity contribution in [3.63, 3.8) is 0 Å². The lowest BCUT2D eigenvalue weighted by molar-refractivity contribution is -0.902. The number of amides is 1. The smallest absolute Gasteiger partial charge is 0.280 e. The van der Waals surface area contributed by atoms with E-state index in [0.29, 0.717) is 22.4 Å². The molecule has 6 heteroatoms. The van der Waals surface area contributed by atoms with E-state index in [2.05, 4.69) is 10.3 Å². The maximum Gasteiger partial charge on any atom is 0.280 e. The summed E-state index contributed by atoms with van der Waals surface area (Å²) in [4.78, 5) is 17.7. The molecule has 3 atom stereocenters. The Morgan fingerprint density at radius 3 is 2.82 bits per heavy atom. The van der Waals surface area contributed by atoms with Gasteiger partial charge in [0.1, 0.15) is 0 Å². The summed E-state index contributed by atoms with van der Waals surface area (Å²) < 4.78 is 0. The van der Waals surface area contributed by atoms with Gasteiger partial charge in [-0.2, -0.15) is 0 Å². The maximum absolute atomic E-state index is 12.2. The van der Waals surface area contributed by atoms with Gasteiger partial charge < -0.3 is 10.2 Å². The van der Waals surface area contributed by atoms with Gasteiger partial charge in [-0.25, -0.2) is 4.98 Å². The number of nitrogens with one attached hydrogen (secondary N) is 2. The number of fused-ring (bicyclic) bond motifs is 1. The van der Waals surface area contributed by atoms with Crippen LogP contribution in [0.2, 0.25) is 10.0 Å². The number of rotatable bonds is 3. The Hall–Kier alpha value is -0.840. The van der Waals surface area contributed by atoms with Gasteiger partial charge in [-0.05, 0) is 31.2 Å². The number of pyridine rings is 1. The second-order valence-corrected chi connectivity index (χ2v) is 7.35. The highest BCUT2D eigenvalue weighted by Gasteiger charge is 2.34. The number of hydrogen-bond acceptors (Lipinski definition) is 2.